The maximum atomic E-state index is 11.6. The van der Waals surface area contributed by atoms with Crippen molar-refractivity contribution in [2.75, 3.05) is 21.3 Å². The van der Waals surface area contributed by atoms with Crippen molar-refractivity contribution in [1.82, 2.24) is 9.97 Å². The zero-order valence-corrected chi connectivity index (χ0v) is 21.7. The number of nitrogens with zero attached hydrogens (tertiary/aromatic N) is 1. The van der Waals surface area contributed by atoms with E-state index in [2.05, 4.69) is 28.9 Å². The average Bonchev–Trinajstić information content (AvgIpc) is 2.90. The van der Waals surface area contributed by atoms with Gasteiger partial charge in [-0.05, 0) is 5.56 Å². The summed E-state index contributed by atoms with van der Waals surface area (Å²) in [5, 5.41) is 0. The number of esters is 4. The van der Waals surface area contributed by atoms with Crippen molar-refractivity contribution in [2.45, 2.75) is 13.5 Å². The first kappa shape index (κ1) is 31.3. The van der Waals surface area contributed by atoms with E-state index in [1.54, 1.807) is 0 Å². The number of aromatic nitrogens is 2. The van der Waals surface area contributed by atoms with Crippen LogP contribution in [0.25, 0.3) is 0 Å². The van der Waals surface area contributed by atoms with E-state index in [0.29, 0.717) is 12.4 Å². The molecule has 0 spiro atoms. The maximum absolute atomic E-state index is 11.6. The van der Waals surface area contributed by atoms with Crippen molar-refractivity contribution >= 4 is 36.3 Å². The van der Waals surface area contributed by atoms with Crippen LogP contribution in [0, 0.1) is 0 Å². The van der Waals surface area contributed by atoms with Crippen LogP contribution in [-0.4, -0.2) is 55.2 Å². The summed E-state index contributed by atoms with van der Waals surface area (Å²) >= 11 is 0. The number of hydrogen-bond acceptors (Lipinski definition) is 11. The van der Waals surface area contributed by atoms with Crippen molar-refractivity contribution < 1.29 is 42.9 Å². The van der Waals surface area contributed by atoms with Crippen LogP contribution in [0.5, 0.6) is 11.6 Å². The van der Waals surface area contributed by atoms with E-state index >= 15 is 0 Å². The van der Waals surface area contributed by atoms with Crippen LogP contribution in [0.15, 0.2) is 59.4 Å². The summed E-state index contributed by atoms with van der Waals surface area (Å²) in [5.74, 6) is -2.37. The highest BCUT2D eigenvalue weighted by atomic mass is 35.5. The number of rotatable bonds is 7. The zero-order chi connectivity index (χ0) is 27.4. The predicted octanol–water partition coefficient (Wildman–Crippen LogP) is 2.74. The molecular formula is C25H25ClN2O10. The minimum Gasteiger partial charge on any atom is -0.489 e. The second-order valence-electron chi connectivity index (χ2n) is 7.01. The zero-order valence-electron chi connectivity index (χ0n) is 20.8. The van der Waals surface area contributed by atoms with Crippen molar-refractivity contribution in [3.05, 3.63) is 87.5 Å². The van der Waals surface area contributed by atoms with Crippen LogP contribution in [0.3, 0.4) is 0 Å². The van der Waals surface area contributed by atoms with E-state index in [9.17, 15) is 24.0 Å². The van der Waals surface area contributed by atoms with Crippen LogP contribution in [0.1, 0.15) is 44.0 Å². The first-order valence-electron chi connectivity index (χ1n) is 10.5. The second-order valence-corrected chi connectivity index (χ2v) is 7.01. The Morgan fingerprint density at radius 3 is 1.87 bits per heavy atom. The monoisotopic (exact) mass is 548 g/mol. The van der Waals surface area contributed by atoms with Gasteiger partial charge in [0.25, 0.3) is 0 Å². The van der Waals surface area contributed by atoms with Crippen LogP contribution >= 0.6 is 12.4 Å². The number of ether oxygens (including phenoxy) is 5. The quantitative estimate of drug-likeness (QED) is 0.341. The Balaban J connectivity index is 0.000000397. The van der Waals surface area contributed by atoms with E-state index in [1.165, 1.54) is 40.4 Å². The van der Waals surface area contributed by atoms with Crippen molar-refractivity contribution in [3.63, 3.8) is 0 Å². The maximum Gasteiger partial charge on any atom is 0.356 e. The van der Waals surface area contributed by atoms with Gasteiger partial charge in [0.2, 0.25) is 5.88 Å². The molecule has 3 aromatic rings. The third-order valence-electron chi connectivity index (χ3n) is 4.31. The largest absolute Gasteiger partial charge is 0.489 e. The molecular weight excluding hydrogens is 524 g/mol. The van der Waals surface area contributed by atoms with Gasteiger partial charge in [-0.2, -0.15) is 0 Å². The topological polar surface area (TPSA) is 160 Å². The number of carbonyl (C=O) groups excluding carboxylic acids is 4. The Morgan fingerprint density at radius 1 is 0.816 bits per heavy atom. The summed E-state index contributed by atoms with van der Waals surface area (Å²) < 4.78 is 23.9. The van der Waals surface area contributed by atoms with Gasteiger partial charge < -0.3 is 28.7 Å². The fourth-order valence-electron chi connectivity index (χ4n) is 2.70. The highest BCUT2D eigenvalue weighted by molar-refractivity contribution is 5.92. The smallest absolute Gasteiger partial charge is 0.356 e. The summed E-state index contributed by atoms with van der Waals surface area (Å²) in [6.45, 7) is 1.48. The van der Waals surface area contributed by atoms with Crippen LogP contribution in [0.4, 0.5) is 0 Å². The number of hydrogen-bond donors (Lipinski definition) is 1. The molecule has 0 fully saturated rings. The van der Waals surface area contributed by atoms with Gasteiger partial charge in [0, 0.05) is 31.2 Å². The second kappa shape index (κ2) is 15.4. The number of nitrogens with one attached hydrogen (secondary N) is 1. The summed E-state index contributed by atoms with van der Waals surface area (Å²) in [5.41, 5.74) is 0.395. The number of carbonyl (C=O) groups is 4. The van der Waals surface area contributed by atoms with Gasteiger partial charge in [-0.25, -0.2) is 19.4 Å². The third-order valence-corrected chi connectivity index (χ3v) is 4.31. The molecule has 0 atom stereocenters. The van der Waals surface area contributed by atoms with Gasteiger partial charge in [-0.1, -0.05) is 30.3 Å². The molecule has 0 bridgehead atoms. The molecule has 12 nitrogen and oxygen atoms in total. The minimum atomic E-state index is -0.707. The molecule has 0 amide bonds. The van der Waals surface area contributed by atoms with Crippen LogP contribution in [-0.2, 0) is 25.6 Å². The van der Waals surface area contributed by atoms with Gasteiger partial charge in [-0.15, -0.1) is 12.4 Å². The highest BCUT2D eigenvalue weighted by Gasteiger charge is 2.16. The SMILES string of the molecule is COC(=O)c1cc(=O)cc(OC(C)=O)[nH]1.COC(=O)c1cc(OCc2ccccc2)cc(C(=O)OC)n1.Cl. The summed E-state index contributed by atoms with van der Waals surface area (Å²) in [4.78, 5) is 62.4. The molecule has 0 aliphatic heterocycles. The third kappa shape index (κ3) is 9.74. The Hall–Kier alpha value is -4.71. The van der Waals surface area contributed by atoms with E-state index in [0.717, 1.165) is 17.7 Å². The highest BCUT2D eigenvalue weighted by Crippen LogP contribution is 2.17. The molecule has 2 heterocycles. The average molecular weight is 549 g/mol. The Bertz CT molecular complexity index is 1290. The molecule has 202 valence electrons. The molecule has 1 N–H and O–H groups in total. The molecule has 0 aliphatic rings. The number of benzene rings is 1. The Kier molecular flexibility index (Phi) is 12.7. The lowest BCUT2D eigenvalue weighted by Crippen LogP contribution is -2.13. The van der Waals surface area contributed by atoms with Crippen molar-refractivity contribution in [1.29, 1.82) is 0 Å². The number of H-pyrrole nitrogens is 1. The molecule has 1 aromatic carbocycles. The summed E-state index contributed by atoms with van der Waals surface area (Å²) in [7, 11) is 3.65. The number of halogens is 1. The lowest BCUT2D eigenvalue weighted by Gasteiger charge is -2.09. The molecule has 0 saturated heterocycles. The first-order valence-corrected chi connectivity index (χ1v) is 10.5. The van der Waals surface area contributed by atoms with Crippen molar-refractivity contribution in [3.8, 4) is 11.6 Å². The summed E-state index contributed by atoms with van der Waals surface area (Å²) in [6, 6.07) is 14.5. The minimum absolute atomic E-state index is 0. The van der Waals surface area contributed by atoms with Gasteiger partial charge in [0.05, 0.1) is 21.3 Å². The number of pyridine rings is 2. The number of aromatic amines is 1. The molecule has 13 heteroatoms. The Labute approximate surface area is 223 Å². The normalized spacial score (nSPS) is 9.47. The molecule has 2 aromatic heterocycles. The molecule has 3 rings (SSSR count). The van der Waals surface area contributed by atoms with Gasteiger partial charge in [0.15, 0.2) is 16.8 Å². The molecule has 38 heavy (non-hydrogen) atoms. The van der Waals surface area contributed by atoms with Crippen LogP contribution < -0.4 is 14.9 Å². The van der Waals surface area contributed by atoms with E-state index < -0.39 is 29.3 Å². The predicted molar refractivity (Wildman–Crippen MR) is 135 cm³/mol. The summed E-state index contributed by atoms with van der Waals surface area (Å²) in [6.07, 6.45) is 0. The molecule has 0 unspecified atom stereocenters. The van der Waals surface area contributed by atoms with E-state index in [4.69, 9.17) is 4.74 Å². The molecule has 0 aliphatic carbocycles. The fourth-order valence-corrected chi connectivity index (χ4v) is 2.70. The number of methoxy groups -OCH3 is 3. The Morgan fingerprint density at radius 2 is 1.37 bits per heavy atom. The lowest BCUT2D eigenvalue weighted by atomic mass is 10.2. The fraction of sp³-hybridized carbons (Fsp3) is 0.200. The van der Waals surface area contributed by atoms with E-state index in [-0.39, 0.29) is 35.4 Å². The standard InChI is InChI=1S/C16H15NO5.C9H9NO5.ClH/c1-20-15(18)13-8-12(9-14(17-13)16(19)21-2)22-10-11-6-4-3-5-7-11;1-5(11)15-8-4-6(12)3-7(10-8)9(13)14-2;/h3-9H,10H2,1-2H3;3-4H,1-2H3,(H,10,12);1H. The van der Waals surface area contributed by atoms with Crippen LogP contribution in [0.2, 0.25) is 0 Å². The van der Waals surface area contributed by atoms with Gasteiger partial charge in [-0.3, -0.25) is 9.59 Å². The van der Waals surface area contributed by atoms with Crippen molar-refractivity contribution in [2.24, 2.45) is 0 Å². The molecule has 0 radical (unpaired) electrons. The van der Waals surface area contributed by atoms with Gasteiger partial charge in [0.1, 0.15) is 18.1 Å². The molecule has 0 saturated carbocycles. The first-order chi connectivity index (χ1) is 17.7. The van der Waals surface area contributed by atoms with E-state index in [1.807, 2.05) is 30.3 Å². The van der Waals surface area contributed by atoms with Gasteiger partial charge >= 0.3 is 23.9 Å². The lowest BCUT2D eigenvalue weighted by molar-refractivity contribution is -0.132.